The van der Waals surface area contributed by atoms with Gasteiger partial charge in [-0.15, -0.1) is 0 Å². The molecule has 0 radical (unpaired) electrons. The van der Waals surface area contributed by atoms with Crippen LogP contribution in [0.25, 0.3) is 0 Å². The normalized spacial score (nSPS) is 19.6. The first kappa shape index (κ1) is 24.6. The van der Waals surface area contributed by atoms with Crippen LogP contribution >= 0.6 is 0 Å². The van der Waals surface area contributed by atoms with Gasteiger partial charge in [0.1, 0.15) is 11.4 Å². The quantitative estimate of drug-likeness (QED) is 0.620. The molecule has 9 heteroatoms. The molecular formula is C27H38N6O3. The van der Waals surface area contributed by atoms with Crippen LogP contribution in [0.4, 0.5) is 28.8 Å². The second kappa shape index (κ2) is 10.5. The van der Waals surface area contributed by atoms with Crippen molar-refractivity contribution < 1.29 is 14.6 Å². The monoisotopic (exact) mass is 494 g/mol. The molecule has 0 bridgehead atoms. The van der Waals surface area contributed by atoms with E-state index >= 15 is 0 Å². The van der Waals surface area contributed by atoms with Crippen LogP contribution in [0.5, 0.6) is 5.75 Å². The van der Waals surface area contributed by atoms with Gasteiger partial charge in [-0.3, -0.25) is 4.79 Å². The van der Waals surface area contributed by atoms with Crippen molar-refractivity contribution in [3.05, 3.63) is 24.4 Å². The Morgan fingerprint density at radius 2 is 1.86 bits per heavy atom. The van der Waals surface area contributed by atoms with Crippen LogP contribution in [-0.4, -0.2) is 65.9 Å². The van der Waals surface area contributed by atoms with Crippen LogP contribution < -0.4 is 24.8 Å². The third-order valence-electron chi connectivity index (χ3n) is 7.49. The minimum atomic E-state index is -0.211. The highest BCUT2D eigenvalue weighted by Gasteiger charge is 2.31. The van der Waals surface area contributed by atoms with Crippen molar-refractivity contribution in [3.63, 3.8) is 0 Å². The average Bonchev–Trinajstić information content (AvgIpc) is 3.36. The van der Waals surface area contributed by atoms with Gasteiger partial charge in [0.2, 0.25) is 11.9 Å². The van der Waals surface area contributed by atoms with Crippen molar-refractivity contribution in [2.45, 2.75) is 77.0 Å². The van der Waals surface area contributed by atoms with E-state index in [1.807, 2.05) is 27.0 Å². The smallest absolute Gasteiger partial charge is 0.229 e. The molecule has 5 rings (SSSR count). The van der Waals surface area contributed by atoms with Crippen molar-refractivity contribution in [2.24, 2.45) is 0 Å². The fourth-order valence-corrected chi connectivity index (χ4v) is 5.48. The number of fused-ring (bicyclic) bond motifs is 1. The molecule has 2 N–H and O–H groups in total. The lowest BCUT2D eigenvalue weighted by molar-refractivity contribution is -0.118. The number of hydrogen-bond acceptors (Lipinski definition) is 8. The topological polar surface area (TPSA) is 94.1 Å². The van der Waals surface area contributed by atoms with Crippen LogP contribution in [0, 0.1) is 0 Å². The number of amides is 1. The number of hydrogen-bond donors (Lipinski definition) is 2. The second-order valence-corrected chi connectivity index (χ2v) is 10.4. The van der Waals surface area contributed by atoms with Gasteiger partial charge in [-0.2, -0.15) is 4.98 Å². The molecule has 1 aromatic carbocycles. The van der Waals surface area contributed by atoms with E-state index in [1.54, 1.807) is 11.1 Å². The molecule has 3 heterocycles. The number of aromatic nitrogens is 2. The molecule has 1 amide bonds. The number of aliphatic hydroxyl groups is 1. The van der Waals surface area contributed by atoms with E-state index in [0.717, 1.165) is 67.4 Å². The number of aliphatic hydroxyl groups excluding tert-OH is 1. The lowest BCUT2D eigenvalue weighted by atomic mass is 10.1. The fraction of sp³-hybridized carbons (Fsp3) is 0.593. The first-order chi connectivity index (χ1) is 17.4. The summed E-state index contributed by atoms with van der Waals surface area (Å²) in [6.45, 7) is 6.36. The number of carbonyl (C=O) groups excluding carboxylic acids is 1. The van der Waals surface area contributed by atoms with Gasteiger partial charge in [-0.25, -0.2) is 4.98 Å². The van der Waals surface area contributed by atoms with E-state index < -0.39 is 0 Å². The molecule has 36 heavy (non-hydrogen) atoms. The van der Waals surface area contributed by atoms with E-state index in [2.05, 4.69) is 32.2 Å². The molecule has 1 aromatic heterocycles. The van der Waals surface area contributed by atoms with Crippen LogP contribution in [0.15, 0.2) is 24.4 Å². The van der Waals surface area contributed by atoms with Gasteiger partial charge >= 0.3 is 0 Å². The minimum absolute atomic E-state index is 0.00876. The third kappa shape index (κ3) is 5.21. The lowest BCUT2D eigenvalue weighted by Gasteiger charge is -2.32. The van der Waals surface area contributed by atoms with Crippen molar-refractivity contribution in [1.82, 2.24) is 9.97 Å². The molecule has 2 aromatic rings. The summed E-state index contributed by atoms with van der Waals surface area (Å²) >= 11 is 0. The first-order valence-corrected chi connectivity index (χ1v) is 13.3. The van der Waals surface area contributed by atoms with Gasteiger partial charge in [0.25, 0.3) is 0 Å². The molecule has 1 saturated carbocycles. The first-order valence-electron chi connectivity index (χ1n) is 13.3. The van der Waals surface area contributed by atoms with E-state index in [0.29, 0.717) is 25.0 Å². The van der Waals surface area contributed by atoms with Crippen LogP contribution in [0.3, 0.4) is 0 Å². The van der Waals surface area contributed by atoms with Gasteiger partial charge in [-0.05, 0) is 51.7 Å². The lowest BCUT2D eigenvalue weighted by Crippen LogP contribution is -2.35. The molecular weight excluding hydrogens is 456 g/mol. The Morgan fingerprint density at radius 3 is 2.58 bits per heavy atom. The largest absolute Gasteiger partial charge is 0.489 e. The van der Waals surface area contributed by atoms with Gasteiger partial charge in [0.15, 0.2) is 5.82 Å². The van der Waals surface area contributed by atoms with E-state index in [9.17, 15) is 9.90 Å². The predicted octanol–water partition coefficient (Wildman–Crippen LogP) is 4.08. The summed E-state index contributed by atoms with van der Waals surface area (Å²) in [5.74, 6) is 2.14. The number of piperidine rings is 1. The van der Waals surface area contributed by atoms with Crippen molar-refractivity contribution in [1.29, 1.82) is 0 Å². The van der Waals surface area contributed by atoms with Crippen LogP contribution in [-0.2, 0) is 4.79 Å². The molecule has 9 nitrogen and oxygen atoms in total. The van der Waals surface area contributed by atoms with Crippen LogP contribution in [0.1, 0.15) is 58.8 Å². The van der Waals surface area contributed by atoms with E-state index in [-0.39, 0.29) is 18.1 Å². The van der Waals surface area contributed by atoms with Crippen molar-refractivity contribution in [2.75, 3.05) is 46.7 Å². The van der Waals surface area contributed by atoms with E-state index in [4.69, 9.17) is 9.72 Å². The highest BCUT2D eigenvalue weighted by molar-refractivity contribution is 5.97. The number of anilines is 5. The van der Waals surface area contributed by atoms with Gasteiger partial charge in [0, 0.05) is 50.9 Å². The molecule has 1 saturated heterocycles. The summed E-state index contributed by atoms with van der Waals surface area (Å²) in [5.41, 5.74) is 2.64. The molecule has 0 unspecified atom stereocenters. The van der Waals surface area contributed by atoms with Gasteiger partial charge in [-0.1, -0.05) is 12.8 Å². The highest BCUT2D eigenvalue weighted by atomic mass is 16.5. The Kier molecular flexibility index (Phi) is 7.18. The average molecular weight is 495 g/mol. The summed E-state index contributed by atoms with van der Waals surface area (Å²) in [7, 11) is 1.81. The minimum Gasteiger partial charge on any atom is -0.489 e. The number of carbonyl (C=O) groups is 1. The Bertz CT molecular complexity index is 1080. The summed E-state index contributed by atoms with van der Waals surface area (Å²) in [6, 6.07) is 6.56. The molecule has 0 atom stereocenters. The molecule has 194 valence electrons. The molecule has 3 aliphatic rings. The molecule has 1 aliphatic carbocycles. The number of nitrogens with zero attached hydrogens (tertiary/aromatic N) is 5. The maximum absolute atomic E-state index is 12.6. The maximum atomic E-state index is 12.6. The maximum Gasteiger partial charge on any atom is 0.229 e. The number of nitrogens with one attached hydrogen (secondary N) is 1. The highest BCUT2D eigenvalue weighted by Crippen LogP contribution is 2.38. The Morgan fingerprint density at radius 1 is 1.11 bits per heavy atom. The van der Waals surface area contributed by atoms with Crippen molar-refractivity contribution >= 4 is 34.7 Å². The Balaban J connectivity index is 1.44. The van der Waals surface area contributed by atoms with Gasteiger partial charge in [0.05, 0.1) is 24.1 Å². The fourth-order valence-electron chi connectivity index (χ4n) is 5.48. The van der Waals surface area contributed by atoms with Crippen molar-refractivity contribution in [3.8, 4) is 5.75 Å². The van der Waals surface area contributed by atoms with E-state index in [1.165, 1.54) is 12.8 Å². The molecule has 2 aliphatic heterocycles. The van der Waals surface area contributed by atoms with Gasteiger partial charge < -0.3 is 29.9 Å². The molecule has 2 fully saturated rings. The predicted molar refractivity (Wildman–Crippen MR) is 143 cm³/mol. The standard InChI is InChI=1S/C27H38N6O3/c1-18(2)36-24-16-20(32-13-10-21(34)11-14-32)8-9-22(24)29-27-28-17-23-26(30-27)33(19-6-4-5-7-19)15-12-25(35)31(23)3/h8-9,16-19,21,34H,4-7,10-15H2,1-3H3,(H,28,29,30). The SMILES string of the molecule is CC(C)Oc1cc(N2CCC(O)CC2)ccc1Nc1ncc2c(n1)N(C1CCCC1)CCC(=O)N2C. The Labute approximate surface area is 213 Å². The van der Waals surface area contributed by atoms with Crippen LogP contribution in [0.2, 0.25) is 0 Å². The zero-order valence-corrected chi connectivity index (χ0v) is 21.6. The summed E-state index contributed by atoms with van der Waals surface area (Å²) < 4.78 is 6.18. The summed E-state index contributed by atoms with van der Waals surface area (Å²) in [6.07, 6.45) is 8.28. The summed E-state index contributed by atoms with van der Waals surface area (Å²) in [5, 5.41) is 13.3. The second-order valence-electron chi connectivity index (χ2n) is 10.4. The number of benzene rings is 1. The zero-order valence-electron chi connectivity index (χ0n) is 21.6. The third-order valence-corrected chi connectivity index (χ3v) is 7.49. The number of ether oxygens (including phenoxy) is 1. The molecule has 0 spiro atoms. The Hall–Kier alpha value is -3.07. The summed E-state index contributed by atoms with van der Waals surface area (Å²) in [4.78, 5) is 28.4. The zero-order chi connectivity index (χ0) is 25.2. The number of rotatable bonds is 6.